The van der Waals surface area contributed by atoms with E-state index < -0.39 is 5.82 Å². The quantitative estimate of drug-likeness (QED) is 0.916. The van der Waals surface area contributed by atoms with Gasteiger partial charge in [-0.2, -0.15) is 0 Å². The Morgan fingerprint density at radius 2 is 1.91 bits per heavy atom. The van der Waals surface area contributed by atoms with E-state index in [-0.39, 0.29) is 18.1 Å². The first-order chi connectivity index (χ1) is 10.5. The first-order valence-corrected chi connectivity index (χ1v) is 7.25. The van der Waals surface area contributed by atoms with Crippen LogP contribution in [0.25, 0.3) is 0 Å². The number of para-hydroxylation sites is 1. The highest BCUT2D eigenvalue weighted by atomic mass is 19.1. The number of halogens is 1. The van der Waals surface area contributed by atoms with Crippen LogP contribution in [0.1, 0.15) is 16.7 Å². The van der Waals surface area contributed by atoms with Gasteiger partial charge in [-0.05, 0) is 44.2 Å². The van der Waals surface area contributed by atoms with Gasteiger partial charge < -0.3 is 5.32 Å². The Balaban J connectivity index is 1.92. The van der Waals surface area contributed by atoms with E-state index in [0.29, 0.717) is 6.54 Å². The molecule has 2 aromatic rings. The fourth-order valence-electron chi connectivity index (χ4n) is 2.37. The number of hydrogen-bond donors (Lipinski definition) is 1. The maximum Gasteiger partial charge on any atom is 0.238 e. The first kappa shape index (κ1) is 16.2. The molecule has 0 aliphatic carbocycles. The summed E-state index contributed by atoms with van der Waals surface area (Å²) in [6, 6.07) is 12.4. The van der Waals surface area contributed by atoms with Crippen molar-refractivity contribution < 1.29 is 9.18 Å². The van der Waals surface area contributed by atoms with E-state index >= 15 is 0 Å². The highest BCUT2D eigenvalue weighted by molar-refractivity contribution is 5.92. The van der Waals surface area contributed by atoms with Gasteiger partial charge in [-0.3, -0.25) is 9.69 Å². The van der Waals surface area contributed by atoms with Gasteiger partial charge in [0.1, 0.15) is 5.82 Å². The Kier molecular flexibility index (Phi) is 5.28. The fraction of sp³-hybridized carbons (Fsp3) is 0.278. The number of nitrogens with zero attached hydrogens (tertiary/aromatic N) is 1. The lowest BCUT2D eigenvalue weighted by Crippen LogP contribution is -2.30. The molecule has 0 aliphatic rings. The van der Waals surface area contributed by atoms with Gasteiger partial charge in [0.05, 0.1) is 12.2 Å². The number of aryl methyl sites for hydroxylation is 2. The molecule has 1 N–H and O–H groups in total. The molecule has 3 nitrogen and oxygen atoms in total. The van der Waals surface area contributed by atoms with Crippen molar-refractivity contribution in [3.63, 3.8) is 0 Å². The van der Waals surface area contributed by atoms with E-state index in [1.54, 1.807) is 18.2 Å². The Bertz CT molecular complexity index is 670. The van der Waals surface area contributed by atoms with Crippen LogP contribution < -0.4 is 5.32 Å². The van der Waals surface area contributed by atoms with Crippen molar-refractivity contribution in [1.82, 2.24) is 4.90 Å². The molecule has 1 amide bonds. The number of hydrogen-bond acceptors (Lipinski definition) is 2. The molecule has 0 saturated carbocycles. The summed E-state index contributed by atoms with van der Waals surface area (Å²) in [6.45, 7) is 5.01. The Morgan fingerprint density at radius 1 is 1.18 bits per heavy atom. The van der Waals surface area contributed by atoms with Gasteiger partial charge in [0, 0.05) is 6.54 Å². The number of benzene rings is 2. The second-order valence-electron chi connectivity index (χ2n) is 5.63. The molecule has 0 saturated heterocycles. The highest BCUT2D eigenvalue weighted by Gasteiger charge is 2.10. The van der Waals surface area contributed by atoms with E-state index in [1.165, 1.54) is 22.8 Å². The SMILES string of the molecule is Cc1ccc(CN(C)CC(=O)Nc2ccccc2F)c(C)c1. The predicted octanol–water partition coefficient (Wildman–Crippen LogP) is 3.51. The molecule has 0 unspecified atom stereocenters. The third-order valence-corrected chi connectivity index (χ3v) is 3.50. The minimum Gasteiger partial charge on any atom is -0.322 e. The molecule has 0 atom stereocenters. The van der Waals surface area contributed by atoms with E-state index in [4.69, 9.17) is 0 Å². The first-order valence-electron chi connectivity index (χ1n) is 7.25. The molecule has 2 aromatic carbocycles. The van der Waals surface area contributed by atoms with Gasteiger partial charge in [-0.25, -0.2) is 4.39 Å². The number of likely N-dealkylation sites (N-methyl/N-ethyl adjacent to an activating group) is 1. The zero-order valence-electron chi connectivity index (χ0n) is 13.2. The monoisotopic (exact) mass is 300 g/mol. The van der Waals surface area contributed by atoms with E-state index in [9.17, 15) is 9.18 Å². The van der Waals surface area contributed by atoms with Crippen molar-refractivity contribution in [1.29, 1.82) is 0 Å². The molecule has 0 aliphatic heterocycles. The third kappa shape index (κ3) is 4.40. The van der Waals surface area contributed by atoms with Gasteiger partial charge in [0.15, 0.2) is 0 Å². The molecule has 0 radical (unpaired) electrons. The molecule has 0 fully saturated rings. The van der Waals surface area contributed by atoms with Crippen LogP contribution in [0.4, 0.5) is 10.1 Å². The van der Waals surface area contributed by atoms with Crippen LogP contribution in [0.5, 0.6) is 0 Å². The summed E-state index contributed by atoms with van der Waals surface area (Å²) in [5.41, 5.74) is 3.83. The van der Waals surface area contributed by atoms with Crippen molar-refractivity contribution in [3.8, 4) is 0 Å². The van der Waals surface area contributed by atoms with Crippen LogP contribution in [0.3, 0.4) is 0 Å². The average Bonchev–Trinajstić information content (AvgIpc) is 2.44. The number of nitrogens with one attached hydrogen (secondary N) is 1. The second-order valence-corrected chi connectivity index (χ2v) is 5.63. The summed E-state index contributed by atoms with van der Waals surface area (Å²) in [5.74, 6) is -0.648. The fourth-order valence-corrected chi connectivity index (χ4v) is 2.37. The number of amides is 1. The molecule has 22 heavy (non-hydrogen) atoms. The standard InChI is InChI=1S/C18H21FN2O/c1-13-8-9-15(14(2)10-13)11-21(3)12-18(22)20-17-7-5-4-6-16(17)19/h4-10H,11-12H2,1-3H3,(H,20,22). The molecule has 116 valence electrons. The maximum atomic E-state index is 13.5. The summed E-state index contributed by atoms with van der Waals surface area (Å²) in [6.07, 6.45) is 0. The number of carbonyl (C=O) groups is 1. The van der Waals surface area contributed by atoms with E-state index in [0.717, 1.165) is 0 Å². The molecular weight excluding hydrogens is 279 g/mol. The Morgan fingerprint density at radius 3 is 2.59 bits per heavy atom. The lowest BCUT2D eigenvalue weighted by atomic mass is 10.1. The lowest BCUT2D eigenvalue weighted by Gasteiger charge is -2.18. The highest BCUT2D eigenvalue weighted by Crippen LogP contribution is 2.14. The normalized spacial score (nSPS) is 10.8. The summed E-state index contributed by atoms with van der Waals surface area (Å²) in [5, 5.41) is 2.60. The van der Waals surface area contributed by atoms with Crippen molar-refractivity contribution in [3.05, 3.63) is 65.0 Å². The van der Waals surface area contributed by atoms with Crippen molar-refractivity contribution in [2.75, 3.05) is 18.9 Å². The van der Waals surface area contributed by atoms with Crippen molar-refractivity contribution in [2.45, 2.75) is 20.4 Å². The third-order valence-electron chi connectivity index (χ3n) is 3.50. The minimum absolute atomic E-state index is 0.210. The lowest BCUT2D eigenvalue weighted by molar-refractivity contribution is -0.117. The number of anilines is 1. The summed E-state index contributed by atoms with van der Waals surface area (Å²) < 4.78 is 13.5. The van der Waals surface area contributed by atoms with Crippen molar-refractivity contribution >= 4 is 11.6 Å². The molecule has 0 spiro atoms. The van der Waals surface area contributed by atoms with Crippen molar-refractivity contribution in [2.24, 2.45) is 0 Å². The maximum absolute atomic E-state index is 13.5. The topological polar surface area (TPSA) is 32.3 Å². The smallest absolute Gasteiger partial charge is 0.238 e. The van der Waals surface area contributed by atoms with Crippen LogP contribution in [0.2, 0.25) is 0 Å². The number of rotatable bonds is 5. The van der Waals surface area contributed by atoms with Crippen LogP contribution in [0.15, 0.2) is 42.5 Å². The molecule has 0 heterocycles. The molecule has 4 heteroatoms. The molecule has 0 aromatic heterocycles. The van der Waals surface area contributed by atoms with Crippen LogP contribution in [-0.4, -0.2) is 24.4 Å². The van der Waals surface area contributed by atoms with Crippen LogP contribution in [0, 0.1) is 19.7 Å². The predicted molar refractivity (Wildman–Crippen MR) is 87.3 cm³/mol. The van der Waals surface area contributed by atoms with Gasteiger partial charge >= 0.3 is 0 Å². The largest absolute Gasteiger partial charge is 0.322 e. The van der Waals surface area contributed by atoms with Gasteiger partial charge in [0.2, 0.25) is 5.91 Å². The molecule has 2 rings (SSSR count). The molecule has 0 bridgehead atoms. The Labute approximate surface area is 130 Å². The number of carbonyl (C=O) groups excluding carboxylic acids is 1. The molecular formula is C18H21FN2O. The van der Waals surface area contributed by atoms with E-state index in [2.05, 4.69) is 37.4 Å². The summed E-state index contributed by atoms with van der Waals surface area (Å²) >= 11 is 0. The van der Waals surface area contributed by atoms with Gasteiger partial charge in [0.25, 0.3) is 0 Å². The van der Waals surface area contributed by atoms with Gasteiger partial charge in [-0.15, -0.1) is 0 Å². The van der Waals surface area contributed by atoms with Gasteiger partial charge in [-0.1, -0.05) is 35.9 Å². The Hall–Kier alpha value is -2.20. The zero-order valence-corrected chi connectivity index (χ0v) is 13.2. The second kappa shape index (κ2) is 7.18. The van der Waals surface area contributed by atoms with E-state index in [1.807, 2.05) is 11.9 Å². The van der Waals surface area contributed by atoms with Crippen LogP contribution >= 0.6 is 0 Å². The summed E-state index contributed by atoms with van der Waals surface area (Å²) in [4.78, 5) is 13.9. The van der Waals surface area contributed by atoms with Crippen LogP contribution in [-0.2, 0) is 11.3 Å². The zero-order chi connectivity index (χ0) is 16.1. The minimum atomic E-state index is -0.423. The average molecular weight is 300 g/mol. The summed E-state index contributed by atoms with van der Waals surface area (Å²) in [7, 11) is 1.88.